The van der Waals surface area contributed by atoms with E-state index in [0.717, 1.165) is 25.2 Å². The molecule has 0 fully saturated rings. The number of hydrogen-bond donors (Lipinski definition) is 1. The number of nitrogens with one attached hydrogen (secondary N) is 1. The number of aryl methyl sites for hydroxylation is 1. The van der Waals surface area contributed by atoms with Crippen LogP contribution in [0.1, 0.15) is 25.8 Å². The average molecular weight is 295 g/mol. The van der Waals surface area contributed by atoms with Gasteiger partial charge in [0.15, 0.2) is 11.5 Å². The maximum Gasteiger partial charge on any atom is 0.164 e. The predicted molar refractivity (Wildman–Crippen MR) is 78.7 cm³/mol. The lowest BCUT2D eigenvalue weighted by atomic mass is 10.1. The van der Waals surface area contributed by atoms with Gasteiger partial charge in [-0.05, 0) is 38.3 Å². The molecule has 0 spiro atoms. The third-order valence-corrected chi connectivity index (χ3v) is 3.58. The van der Waals surface area contributed by atoms with Crippen molar-refractivity contribution in [2.24, 2.45) is 0 Å². The summed E-state index contributed by atoms with van der Waals surface area (Å²) in [5.74, 6) is 0.226. The Kier molecular flexibility index (Phi) is 7.61. The molecule has 0 aliphatic heterocycles. The SMILES string of the molecule is CC[NH+](CC)CCOc1c(CCC(=O)[O-])cccc1OC. The van der Waals surface area contributed by atoms with E-state index in [1.807, 2.05) is 18.2 Å². The highest BCUT2D eigenvalue weighted by Gasteiger charge is 2.12. The first kappa shape index (κ1) is 17.3. The number of carboxylic acid groups (broad SMARTS) is 1. The van der Waals surface area contributed by atoms with Gasteiger partial charge >= 0.3 is 0 Å². The molecule has 0 aliphatic rings. The van der Waals surface area contributed by atoms with E-state index in [4.69, 9.17) is 9.47 Å². The van der Waals surface area contributed by atoms with Crippen molar-refractivity contribution in [3.05, 3.63) is 23.8 Å². The van der Waals surface area contributed by atoms with Crippen LogP contribution in [-0.4, -0.2) is 39.3 Å². The third kappa shape index (κ3) is 5.63. The first-order chi connectivity index (χ1) is 10.1. The number of methoxy groups -OCH3 is 1. The Morgan fingerprint density at radius 1 is 1.29 bits per heavy atom. The molecule has 0 heterocycles. The van der Waals surface area contributed by atoms with Crippen LogP contribution in [0.4, 0.5) is 0 Å². The Hall–Kier alpha value is -1.75. The van der Waals surface area contributed by atoms with Gasteiger partial charge in [-0.3, -0.25) is 0 Å². The number of aliphatic carboxylic acids is 1. The summed E-state index contributed by atoms with van der Waals surface area (Å²) in [6, 6.07) is 5.53. The molecular formula is C16H25NO4. The topological polar surface area (TPSA) is 63.0 Å². The number of hydrogen-bond acceptors (Lipinski definition) is 4. The Morgan fingerprint density at radius 2 is 2.00 bits per heavy atom. The number of quaternary nitrogens is 1. The number of carboxylic acids is 1. The van der Waals surface area contributed by atoms with E-state index >= 15 is 0 Å². The number of carbonyl (C=O) groups excluding carboxylic acids is 1. The molecule has 0 unspecified atom stereocenters. The summed E-state index contributed by atoms with van der Waals surface area (Å²) in [7, 11) is 1.58. The summed E-state index contributed by atoms with van der Waals surface area (Å²) in [6.45, 7) is 7.90. The first-order valence-electron chi connectivity index (χ1n) is 7.44. The van der Waals surface area contributed by atoms with Crippen LogP contribution >= 0.6 is 0 Å². The van der Waals surface area contributed by atoms with Crippen LogP contribution in [0.15, 0.2) is 18.2 Å². The van der Waals surface area contributed by atoms with Crippen LogP contribution in [-0.2, 0) is 11.2 Å². The molecule has 0 saturated heterocycles. The fourth-order valence-corrected chi connectivity index (χ4v) is 2.22. The van der Waals surface area contributed by atoms with E-state index in [1.165, 1.54) is 4.90 Å². The summed E-state index contributed by atoms with van der Waals surface area (Å²) >= 11 is 0. The highest BCUT2D eigenvalue weighted by Crippen LogP contribution is 2.31. The Bertz CT molecular complexity index is 444. The van der Waals surface area contributed by atoms with Gasteiger partial charge in [0, 0.05) is 5.97 Å². The van der Waals surface area contributed by atoms with Gasteiger partial charge in [-0.2, -0.15) is 0 Å². The summed E-state index contributed by atoms with van der Waals surface area (Å²) in [6.07, 6.45) is 0.359. The predicted octanol–water partition coefficient (Wildman–Crippen LogP) is -0.319. The molecule has 1 aromatic rings. The second-order valence-electron chi connectivity index (χ2n) is 4.88. The Labute approximate surface area is 126 Å². The molecular weight excluding hydrogens is 270 g/mol. The number of para-hydroxylation sites is 1. The number of benzene rings is 1. The molecule has 0 radical (unpaired) electrons. The molecule has 1 aromatic carbocycles. The van der Waals surface area contributed by atoms with Crippen molar-refractivity contribution in [2.75, 3.05) is 33.4 Å². The van der Waals surface area contributed by atoms with Crippen molar-refractivity contribution < 1.29 is 24.3 Å². The molecule has 0 aliphatic carbocycles. The average Bonchev–Trinajstić information content (AvgIpc) is 2.49. The van der Waals surface area contributed by atoms with Gasteiger partial charge in [0.1, 0.15) is 13.2 Å². The van der Waals surface area contributed by atoms with Gasteiger partial charge in [0.25, 0.3) is 0 Å². The molecule has 1 rings (SSSR count). The van der Waals surface area contributed by atoms with Crippen molar-refractivity contribution >= 4 is 5.97 Å². The Balaban J connectivity index is 2.74. The zero-order valence-electron chi connectivity index (χ0n) is 13.1. The molecule has 0 saturated carbocycles. The molecule has 0 amide bonds. The minimum atomic E-state index is -1.06. The minimum absolute atomic E-state index is 0.0230. The summed E-state index contributed by atoms with van der Waals surface area (Å²) in [4.78, 5) is 12.1. The van der Waals surface area contributed by atoms with Gasteiger partial charge in [-0.1, -0.05) is 12.1 Å². The summed E-state index contributed by atoms with van der Waals surface area (Å²) < 4.78 is 11.2. The van der Waals surface area contributed by atoms with E-state index in [0.29, 0.717) is 24.5 Å². The van der Waals surface area contributed by atoms with Crippen LogP contribution < -0.4 is 19.5 Å². The lowest BCUT2D eigenvalue weighted by Gasteiger charge is -2.18. The maximum absolute atomic E-state index is 10.6. The van der Waals surface area contributed by atoms with Gasteiger partial charge < -0.3 is 24.3 Å². The standard InChI is InChI=1S/C16H25NO4/c1-4-17(5-2)11-12-21-16-13(9-10-15(18)19)7-6-8-14(16)20-3/h6-8H,4-5,9-12H2,1-3H3,(H,18,19). The monoisotopic (exact) mass is 295 g/mol. The van der Waals surface area contributed by atoms with Gasteiger partial charge in [0.2, 0.25) is 0 Å². The highest BCUT2D eigenvalue weighted by molar-refractivity contribution is 5.65. The summed E-state index contributed by atoms with van der Waals surface area (Å²) in [5, 5.41) is 10.6. The fraction of sp³-hybridized carbons (Fsp3) is 0.562. The van der Waals surface area contributed by atoms with Crippen molar-refractivity contribution in [3.63, 3.8) is 0 Å². The number of rotatable bonds is 10. The van der Waals surface area contributed by atoms with E-state index in [9.17, 15) is 9.90 Å². The molecule has 0 bridgehead atoms. The van der Waals surface area contributed by atoms with Gasteiger partial charge in [0.05, 0.1) is 20.2 Å². The number of carbonyl (C=O) groups is 1. The van der Waals surface area contributed by atoms with Crippen LogP contribution in [0.2, 0.25) is 0 Å². The van der Waals surface area contributed by atoms with Crippen molar-refractivity contribution in [1.82, 2.24) is 0 Å². The molecule has 5 nitrogen and oxygen atoms in total. The van der Waals surface area contributed by atoms with Crippen LogP contribution in [0.25, 0.3) is 0 Å². The van der Waals surface area contributed by atoms with Crippen LogP contribution in [0.3, 0.4) is 0 Å². The van der Waals surface area contributed by atoms with Crippen molar-refractivity contribution in [3.8, 4) is 11.5 Å². The largest absolute Gasteiger partial charge is 0.550 e. The Morgan fingerprint density at radius 3 is 2.57 bits per heavy atom. The van der Waals surface area contributed by atoms with Crippen molar-refractivity contribution in [1.29, 1.82) is 0 Å². The second-order valence-corrected chi connectivity index (χ2v) is 4.88. The van der Waals surface area contributed by atoms with Crippen molar-refractivity contribution in [2.45, 2.75) is 26.7 Å². The highest BCUT2D eigenvalue weighted by atomic mass is 16.5. The summed E-state index contributed by atoms with van der Waals surface area (Å²) in [5.41, 5.74) is 0.841. The zero-order valence-corrected chi connectivity index (χ0v) is 13.1. The molecule has 0 atom stereocenters. The fourth-order valence-electron chi connectivity index (χ4n) is 2.22. The quantitative estimate of drug-likeness (QED) is 0.643. The van der Waals surface area contributed by atoms with E-state index < -0.39 is 5.97 Å². The lowest BCUT2D eigenvalue weighted by molar-refractivity contribution is -0.896. The minimum Gasteiger partial charge on any atom is -0.550 e. The number of ether oxygens (including phenoxy) is 2. The second kappa shape index (κ2) is 9.23. The lowest BCUT2D eigenvalue weighted by Crippen LogP contribution is -3.12. The maximum atomic E-state index is 10.6. The molecule has 5 heteroatoms. The molecule has 118 valence electrons. The van der Waals surface area contributed by atoms with E-state index in [2.05, 4.69) is 13.8 Å². The van der Waals surface area contributed by atoms with E-state index in [1.54, 1.807) is 7.11 Å². The van der Waals surface area contributed by atoms with E-state index in [-0.39, 0.29) is 6.42 Å². The molecule has 21 heavy (non-hydrogen) atoms. The smallest absolute Gasteiger partial charge is 0.164 e. The molecule has 1 N–H and O–H groups in total. The van der Waals surface area contributed by atoms with Gasteiger partial charge in [-0.25, -0.2) is 0 Å². The first-order valence-corrected chi connectivity index (χ1v) is 7.44. The zero-order chi connectivity index (χ0) is 15.7. The van der Waals surface area contributed by atoms with Gasteiger partial charge in [-0.15, -0.1) is 0 Å². The number of likely N-dealkylation sites (N-methyl/N-ethyl adjacent to an activating group) is 1. The van der Waals surface area contributed by atoms with Crippen LogP contribution in [0, 0.1) is 0 Å². The normalized spacial score (nSPS) is 10.7. The molecule has 0 aromatic heterocycles. The third-order valence-electron chi connectivity index (χ3n) is 3.58. The van der Waals surface area contributed by atoms with Crippen LogP contribution in [0.5, 0.6) is 11.5 Å².